The summed E-state index contributed by atoms with van der Waals surface area (Å²) < 4.78 is 5.23. The molecule has 1 aromatic heterocycles. The third-order valence-electron chi connectivity index (χ3n) is 4.19. The number of nitrogens with one attached hydrogen (secondary N) is 2. The van der Waals surface area contributed by atoms with Gasteiger partial charge in [0, 0.05) is 20.1 Å². The second-order valence-electron chi connectivity index (χ2n) is 5.41. The average Bonchev–Trinajstić information content (AvgIpc) is 3.13. The van der Waals surface area contributed by atoms with Gasteiger partial charge in [0.1, 0.15) is 6.04 Å². The number of carboxylic acid groups (broad SMARTS) is 1. The van der Waals surface area contributed by atoms with Crippen LogP contribution in [0.2, 0.25) is 0 Å². The molecule has 0 radical (unpaired) electrons. The zero-order valence-electron chi connectivity index (χ0n) is 11.7. The van der Waals surface area contributed by atoms with Crippen LogP contribution in [0.15, 0.2) is 6.33 Å². The zero-order chi connectivity index (χ0) is 15.0. The summed E-state index contributed by atoms with van der Waals surface area (Å²) in [5.74, 6) is -1.19. The maximum absolute atomic E-state index is 12.6. The fourth-order valence-electron chi connectivity index (χ4n) is 2.96. The highest BCUT2D eigenvalue weighted by molar-refractivity contribution is 5.87. The molecule has 21 heavy (non-hydrogen) atoms. The Labute approximate surface area is 121 Å². The van der Waals surface area contributed by atoms with Crippen LogP contribution in [-0.2, 0) is 27.3 Å². The molecule has 8 nitrogen and oxygen atoms in total. The normalized spacial score (nSPS) is 28.4. The Hall–Kier alpha value is -1.93. The number of hydrogen-bond donors (Lipinski definition) is 3. The molecule has 0 aliphatic carbocycles. The molecule has 0 aromatic carbocycles. The largest absolute Gasteiger partial charge is 0.480 e. The average molecular weight is 294 g/mol. The van der Waals surface area contributed by atoms with Gasteiger partial charge in [0.05, 0.1) is 36.4 Å². The minimum atomic E-state index is -1.00. The maximum Gasteiger partial charge on any atom is 0.326 e. The number of rotatable bonds is 3. The molecule has 8 heteroatoms. The Morgan fingerprint density at radius 3 is 3.00 bits per heavy atom. The molecule has 0 saturated carbocycles. The molecule has 2 aliphatic rings. The van der Waals surface area contributed by atoms with Crippen LogP contribution in [0.5, 0.6) is 0 Å². The number of carboxylic acids is 1. The number of aromatic nitrogens is 2. The molecule has 3 N–H and O–H groups in total. The number of carbonyl (C=O) groups is 2. The van der Waals surface area contributed by atoms with Crippen molar-refractivity contribution in [2.24, 2.45) is 0 Å². The Kier molecular flexibility index (Phi) is 3.64. The number of fused-ring (bicyclic) bond motifs is 1. The summed E-state index contributed by atoms with van der Waals surface area (Å²) >= 11 is 0. The van der Waals surface area contributed by atoms with E-state index < -0.39 is 12.0 Å². The molecule has 0 bridgehead atoms. The van der Waals surface area contributed by atoms with E-state index in [4.69, 9.17) is 4.74 Å². The molecule has 1 saturated heterocycles. The molecule has 114 valence electrons. The highest BCUT2D eigenvalue weighted by Crippen LogP contribution is 2.23. The summed E-state index contributed by atoms with van der Waals surface area (Å²) in [6.45, 7) is 0.856. The van der Waals surface area contributed by atoms with Gasteiger partial charge >= 0.3 is 5.97 Å². The van der Waals surface area contributed by atoms with Gasteiger partial charge in [-0.3, -0.25) is 4.79 Å². The van der Waals surface area contributed by atoms with Gasteiger partial charge < -0.3 is 25.0 Å². The smallest absolute Gasteiger partial charge is 0.326 e. The van der Waals surface area contributed by atoms with Crippen molar-refractivity contribution in [2.45, 2.75) is 37.6 Å². The summed E-state index contributed by atoms with van der Waals surface area (Å²) in [7, 11) is 1.61. The number of nitrogens with zero attached hydrogens (tertiary/aromatic N) is 2. The van der Waals surface area contributed by atoms with Crippen LogP contribution in [0.25, 0.3) is 0 Å². The second-order valence-corrected chi connectivity index (χ2v) is 5.41. The SMILES string of the molecule is COC1CNC(C(=O)N2Cc3[nH]cnc3CC2C(=O)O)C1. The molecule has 3 unspecified atom stereocenters. The van der Waals surface area contributed by atoms with Gasteiger partial charge in [-0.05, 0) is 6.42 Å². The van der Waals surface area contributed by atoms with Crippen molar-refractivity contribution in [2.75, 3.05) is 13.7 Å². The molecule has 2 aliphatic heterocycles. The van der Waals surface area contributed by atoms with Gasteiger partial charge in [0.2, 0.25) is 5.91 Å². The fraction of sp³-hybridized carbons (Fsp3) is 0.615. The number of hydrogen-bond acceptors (Lipinski definition) is 5. The Balaban J connectivity index is 1.79. The molecular weight excluding hydrogens is 276 g/mol. The monoisotopic (exact) mass is 294 g/mol. The summed E-state index contributed by atoms with van der Waals surface area (Å²) in [5.41, 5.74) is 1.53. The Morgan fingerprint density at radius 2 is 2.33 bits per heavy atom. The van der Waals surface area contributed by atoms with Gasteiger partial charge in [-0.25, -0.2) is 9.78 Å². The molecule has 1 aromatic rings. The van der Waals surface area contributed by atoms with E-state index in [1.165, 1.54) is 11.2 Å². The maximum atomic E-state index is 12.6. The van der Waals surface area contributed by atoms with E-state index in [0.29, 0.717) is 13.0 Å². The quantitative estimate of drug-likeness (QED) is 0.668. The van der Waals surface area contributed by atoms with Gasteiger partial charge in [-0.15, -0.1) is 0 Å². The molecule has 3 atom stereocenters. The Morgan fingerprint density at radius 1 is 1.52 bits per heavy atom. The number of ether oxygens (including phenoxy) is 1. The van der Waals surface area contributed by atoms with Crippen LogP contribution in [0.3, 0.4) is 0 Å². The lowest BCUT2D eigenvalue weighted by atomic mass is 10.0. The number of aliphatic carboxylic acids is 1. The van der Waals surface area contributed by atoms with Crippen LogP contribution in [0, 0.1) is 0 Å². The van der Waals surface area contributed by atoms with Gasteiger partial charge in [-0.1, -0.05) is 0 Å². The third kappa shape index (κ3) is 2.52. The van der Waals surface area contributed by atoms with E-state index in [-0.39, 0.29) is 31.0 Å². The number of carbonyl (C=O) groups excluding carboxylic acids is 1. The lowest BCUT2D eigenvalue weighted by Gasteiger charge is -2.34. The predicted molar refractivity (Wildman–Crippen MR) is 71.5 cm³/mol. The minimum Gasteiger partial charge on any atom is -0.480 e. The highest BCUT2D eigenvalue weighted by Gasteiger charge is 2.40. The van der Waals surface area contributed by atoms with E-state index in [0.717, 1.165) is 11.4 Å². The van der Waals surface area contributed by atoms with Crippen LogP contribution >= 0.6 is 0 Å². The first kappa shape index (κ1) is 14.0. The number of amides is 1. The summed E-state index contributed by atoms with van der Waals surface area (Å²) in [6, 6.07) is -1.25. The molecule has 3 heterocycles. The molecule has 1 amide bonds. The van der Waals surface area contributed by atoms with Crippen LogP contribution in [0.4, 0.5) is 0 Å². The van der Waals surface area contributed by atoms with Crippen molar-refractivity contribution in [3.63, 3.8) is 0 Å². The molecule has 1 fully saturated rings. The third-order valence-corrected chi connectivity index (χ3v) is 4.19. The van der Waals surface area contributed by atoms with Crippen molar-refractivity contribution in [1.29, 1.82) is 0 Å². The van der Waals surface area contributed by atoms with Gasteiger partial charge in [0.25, 0.3) is 0 Å². The number of methoxy groups -OCH3 is 1. The van der Waals surface area contributed by atoms with Crippen LogP contribution in [0.1, 0.15) is 17.8 Å². The van der Waals surface area contributed by atoms with Crippen molar-refractivity contribution in [3.8, 4) is 0 Å². The van der Waals surface area contributed by atoms with Crippen molar-refractivity contribution in [3.05, 3.63) is 17.7 Å². The fourth-order valence-corrected chi connectivity index (χ4v) is 2.96. The topological polar surface area (TPSA) is 108 Å². The molecule has 0 spiro atoms. The summed E-state index contributed by atoms with van der Waals surface area (Å²) in [4.78, 5) is 32.6. The lowest BCUT2D eigenvalue weighted by Crippen LogP contribution is -2.53. The number of imidazole rings is 1. The first-order valence-corrected chi connectivity index (χ1v) is 6.90. The van der Waals surface area contributed by atoms with E-state index in [1.807, 2.05) is 0 Å². The molecule has 3 rings (SSSR count). The highest BCUT2D eigenvalue weighted by atomic mass is 16.5. The Bertz CT molecular complexity index is 558. The summed E-state index contributed by atoms with van der Waals surface area (Å²) in [6.07, 6.45) is 2.33. The predicted octanol–water partition coefficient (Wildman–Crippen LogP) is -0.875. The van der Waals surface area contributed by atoms with Crippen molar-refractivity contribution < 1.29 is 19.4 Å². The van der Waals surface area contributed by atoms with Crippen molar-refractivity contribution >= 4 is 11.9 Å². The van der Waals surface area contributed by atoms with Gasteiger partial charge in [0.15, 0.2) is 0 Å². The first-order chi connectivity index (χ1) is 10.1. The second kappa shape index (κ2) is 5.45. The molecular formula is C13H18N4O4. The first-order valence-electron chi connectivity index (χ1n) is 6.90. The van der Waals surface area contributed by atoms with E-state index in [9.17, 15) is 14.7 Å². The van der Waals surface area contributed by atoms with E-state index in [2.05, 4.69) is 15.3 Å². The van der Waals surface area contributed by atoms with Gasteiger partial charge in [-0.2, -0.15) is 0 Å². The minimum absolute atomic E-state index is 0.00488. The summed E-state index contributed by atoms with van der Waals surface area (Å²) in [5, 5.41) is 12.5. The lowest BCUT2D eigenvalue weighted by molar-refractivity contribution is -0.152. The number of H-pyrrole nitrogens is 1. The van der Waals surface area contributed by atoms with Crippen LogP contribution in [-0.4, -0.2) is 63.7 Å². The van der Waals surface area contributed by atoms with Crippen molar-refractivity contribution in [1.82, 2.24) is 20.2 Å². The van der Waals surface area contributed by atoms with E-state index >= 15 is 0 Å². The van der Waals surface area contributed by atoms with E-state index in [1.54, 1.807) is 7.11 Å². The number of aromatic amines is 1. The zero-order valence-corrected chi connectivity index (χ0v) is 11.7. The standard InChI is InChI=1S/C13H18N4O4/c1-21-7-2-9(14-4-7)12(18)17-5-10-8(15-6-16-10)3-11(17)13(19)20/h6-7,9,11,14H,2-5H2,1H3,(H,15,16)(H,19,20). The van der Waals surface area contributed by atoms with Crippen LogP contribution < -0.4 is 5.32 Å².